The maximum Gasteiger partial charge on any atom is 0.360 e. The number of nitrogens with one attached hydrogen (secondary N) is 1. The molecule has 0 spiro atoms. The predicted octanol–water partition coefficient (Wildman–Crippen LogP) is 1.77. The third kappa shape index (κ3) is 2.51. The Hall–Kier alpha value is -2.30. The lowest BCUT2D eigenvalue weighted by atomic mass is 10.2. The number of anilines is 1. The first-order valence-electron chi connectivity index (χ1n) is 5.58. The van der Waals surface area contributed by atoms with Gasteiger partial charge < -0.3 is 14.8 Å². The minimum atomic E-state index is -0.598. The van der Waals surface area contributed by atoms with Crippen LogP contribution in [0.3, 0.4) is 0 Å². The average Bonchev–Trinajstić information content (AvgIpc) is 2.31. The van der Waals surface area contributed by atoms with Gasteiger partial charge in [-0.15, -0.1) is 0 Å². The van der Waals surface area contributed by atoms with Crippen molar-refractivity contribution in [2.75, 3.05) is 11.9 Å². The molecule has 94 valence electrons. The van der Waals surface area contributed by atoms with Crippen molar-refractivity contribution < 1.29 is 19.1 Å². The normalized spacial score (nSPS) is 15.7. The zero-order valence-corrected chi connectivity index (χ0v) is 10.1. The number of ether oxygens (including phenoxy) is 2. The summed E-state index contributed by atoms with van der Waals surface area (Å²) in [6.07, 6.45) is 1.09. The van der Waals surface area contributed by atoms with Gasteiger partial charge in [0.25, 0.3) is 0 Å². The fraction of sp³-hybridized carbons (Fsp3) is 0.231. The first-order valence-corrected chi connectivity index (χ1v) is 5.58. The lowest BCUT2D eigenvalue weighted by Crippen LogP contribution is -2.24. The van der Waals surface area contributed by atoms with Gasteiger partial charge in [0.1, 0.15) is 5.70 Å². The summed E-state index contributed by atoms with van der Waals surface area (Å²) < 4.78 is 9.84. The number of esters is 2. The summed E-state index contributed by atoms with van der Waals surface area (Å²) in [5, 5.41) is 2.86. The van der Waals surface area contributed by atoms with E-state index in [9.17, 15) is 9.59 Å². The molecule has 0 unspecified atom stereocenters. The van der Waals surface area contributed by atoms with E-state index in [2.05, 4.69) is 5.32 Å². The first-order chi connectivity index (χ1) is 8.60. The number of carbonyl (C=O) groups is 2. The van der Waals surface area contributed by atoms with E-state index in [1.165, 1.54) is 0 Å². The average molecular weight is 247 g/mol. The number of carbonyl (C=O) groups excluding carboxylic acids is 2. The van der Waals surface area contributed by atoms with Crippen LogP contribution in [0, 0.1) is 6.92 Å². The lowest BCUT2D eigenvalue weighted by Gasteiger charge is -2.19. The summed E-state index contributed by atoms with van der Waals surface area (Å²) >= 11 is 0. The maximum absolute atomic E-state index is 11.6. The molecule has 1 heterocycles. The molecule has 5 heteroatoms. The van der Waals surface area contributed by atoms with E-state index in [1.807, 2.05) is 19.1 Å². The molecule has 18 heavy (non-hydrogen) atoms. The van der Waals surface area contributed by atoms with Gasteiger partial charge in [-0.05, 0) is 31.5 Å². The molecule has 0 saturated carbocycles. The second-order valence-electron chi connectivity index (χ2n) is 3.82. The van der Waals surface area contributed by atoms with E-state index in [1.54, 1.807) is 13.0 Å². The fourth-order valence-electron chi connectivity index (χ4n) is 1.58. The van der Waals surface area contributed by atoms with Crippen molar-refractivity contribution in [1.29, 1.82) is 0 Å². The van der Waals surface area contributed by atoms with Crippen LogP contribution in [0.1, 0.15) is 12.5 Å². The van der Waals surface area contributed by atoms with Crippen molar-refractivity contribution in [2.24, 2.45) is 0 Å². The molecule has 0 saturated heterocycles. The van der Waals surface area contributed by atoms with Gasteiger partial charge in [0.15, 0.2) is 5.75 Å². The van der Waals surface area contributed by atoms with Crippen LogP contribution in [-0.2, 0) is 14.3 Å². The fourth-order valence-corrected chi connectivity index (χ4v) is 1.58. The minimum absolute atomic E-state index is 0.0755. The molecule has 0 bridgehead atoms. The molecule has 1 aromatic rings. The molecule has 1 aliphatic rings. The summed E-state index contributed by atoms with van der Waals surface area (Å²) in [6, 6.07) is 5.38. The third-order valence-corrected chi connectivity index (χ3v) is 2.38. The number of hydrogen-bond donors (Lipinski definition) is 1. The summed E-state index contributed by atoms with van der Waals surface area (Å²) in [4.78, 5) is 22.9. The Morgan fingerprint density at radius 2 is 2.28 bits per heavy atom. The predicted molar refractivity (Wildman–Crippen MR) is 65.2 cm³/mol. The molecule has 2 rings (SSSR count). The Balaban J connectivity index is 2.27. The third-order valence-electron chi connectivity index (χ3n) is 2.38. The molecular weight excluding hydrogens is 234 g/mol. The Morgan fingerprint density at radius 3 is 3.00 bits per heavy atom. The van der Waals surface area contributed by atoms with Crippen LogP contribution < -0.4 is 10.1 Å². The highest BCUT2D eigenvalue weighted by atomic mass is 16.5. The molecular formula is C13H13NO4. The summed E-state index contributed by atoms with van der Waals surface area (Å²) in [7, 11) is 0. The van der Waals surface area contributed by atoms with Gasteiger partial charge in [-0.25, -0.2) is 9.59 Å². The molecule has 5 nitrogen and oxygen atoms in total. The molecule has 0 aromatic heterocycles. The van der Waals surface area contributed by atoms with Gasteiger partial charge >= 0.3 is 11.9 Å². The maximum atomic E-state index is 11.6. The van der Waals surface area contributed by atoms with Crippen LogP contribution in [0.2, 0.25) is 0 Å². The number of benzene rings is 1. The summed E-state index contributed by atoms with van der Waals surface area (Å²) in [5.41, 5.74) is 1.76. The van der Waals surface area contributed by atoms with Gasteiger partial charge in [-0.2, -0.15) is 0 Å². The first kappa shape index (κ1) is 12.2. The van der Waals surface area contributed by atoms with Gasteiger partial charge in [-0.3, -0.25) is 0 Å². The van der Waals surface area contributed by atoms with Gasteiger partial charge in [-0.1, -0.05) is 6.07 Å². The highest BCUT2D eigenvalue weighted by molar-refractivity contribution is 6.02. The van der Waals surface area contributed by atoms with E-state index in [4.69, 9.17) is 9.47 Å². The topological polar surface area (TPSA) is 64.6 Å². The van der Waals surface area contributed by atoms with Crippen molar-refractivity contribution >= 4 is 17.6 Å². The number of aryl methyl sites for hydroxylation is 1. The smallest absolute Gasteiger partial charge is 0.360 e. The van der Waals surface area contributed by atoms with Crippen molar-refractivity contribution in [1.82, 2.24) is 0 Å². The van der Waals surface area contributed by atoms with Crippen molar-refractivity contribution in [3.8, 4) is 5.75 Å². The van der Waals surface area contributed by atoms with Crippen LogP contribution in [-0.4, -0.2) is 18.5 Å². The molecule has 0 radical (unpaired) electrons. The van der Waals surface area contributed by atoms with Crippen LogP contribution in [0.15, 0.2) is 30.0 Å². The standard InChI is InChI=1S/C13H13NO4/c1-3-17-12(15)7-10-13(16)18-11-5-4-8(2)6-9(11)14-10/h4-7,14H,3H2,1-2H3. The van der Waals surface area contributed by atoms with Crippen LogP contribution >= 0.6 is 0 Å². The number of rotatable bonds is 2. The summed E-state index contributed by atoms with van der Waals surface area (Å²) in [5.74, 6) is -0.723. The molecule has 0 atom stereocenters. The molecule has 0 amide bonds. The molecule has 1 aromatic carbocycles. The van der Waals surface area contributed by atoms with Crippen LogP contribution in [0.4, 0.5) is 5.69 Å². The Labute approximate surface area is 104 Å². The van der Waals surface area contributed by atoms with E-state index >= 15 is 0 Å². The molecule has 0 aliphatic carbocycles. The van der Waals surface area contributed by atoms with Crippen molar-refractivity contribution in [2.45, 2.75) is 13.8 Å². The molecule has 0 fully saturated rings. The zero-order valence-electron chi connectivity index (χ0n) is 10.1. The lowest BCUT2D eigenvalue weighted by molar-refractivity contribution is -0.138. The highest BCUT2D eigenvalue weighted by Crippen LogP contribution is 2.31. The van der Waals surface area contributed by atoms with Crippen LogP contribution in [0.5, 0.6) is 5.75 Å². The molecule has 1 N–H and O–H groups in total. The second-order valence-corrected chi connectivity index (χ2v) is 3.82. The summed E-state index contributed by atoms with van der Waals surface area (Å²) in [6.45, 7) is 3.88. The monoisotopic (exact) mass is 247 g/mol. The van der Waals surface area contributed by atoms with Gasteiger partial charge in [0.2, 0.25) is 0 Å². The van der Waals surface area contributed by atoms with E-state index in [-0.39, 0.29) is 12.3 Å². The van der Waals surface area contributed by atoms with Gasteiger partial charge in [0.05, 0.1) is 18.4 Å². The highest BCUT2D eigenvalue weighted by Gasteiger charge is 2.23. The van der Waals surface area contributed by atoms with Gasteiger partial charge in [0, 0.05) is 0 Å². The van der Waals surface area contributed by atoms with Crippen LogP contribution in [0.25, 0.3) is 0 Å². The van der Waals surface area contributed by atoms with Crippen molar-refractivity contribution in [3.05, 3.63) is 35.5 Å². The zero-order chi connectivity index (χ0) is 13.1. The Kier molecular flexibility index (Phi) is 3.32. The Morgan fingerprint density at radius 1 is 1.50 bits per heavy atom. The largest absolute Gasteiger partial charge is 0.463 e. The van der Waals surface area contributed by atoms with Crippen molar-refractivity contribution in [3.63, 3.8) is 0 Å². The Bertz CT molecular complexity index is 534. The quantitative estimate of drug-likeness (QED) is 0.490. The van der Waals surface area contributed by atoms with E-state index in [0.29, 0.717) is 11.4 Å². The SMILES string of the molecule is CCOC(=O)C=C1Nc2cc(C)ccc2OC1=O. The van der Waals surface area contributed by atoms with E-state index < -0.39 is 11.9 Å². The minimum Gasteiger partial charge on any atom is -0.463 e. The molecule has 1 aliphatic heterocycles. The number of hydrogen-bond acceptors (Lipinski definition) is 5. The van der Waals surface area contributed by atoms with E-state index in [0.717, 1.165) is 11.6 Å². The second kappa shape index (κ2) is 4.91. The number of fused-ring (bicyclic) bond motifs is 1.